The zero-order chi connectivity index (χ0) is 13.9. The Labute approximate surface area is 123 Å². The molecule has 0 spiro atoms. The molecule has 0 unspecified atom stereocenters. The molecule has 0 saturated heterocycles. The summed E-state index contributed by atoms with van der Waals surface area (Å²) in [7, 11) is 0. The number of rotatable bonds is 4. The van der Waals surface area contributed by atoms with E-state index in [0.29, 0.717) is 0 Å². The molecular formula is C14H10N2O2S2. The van der Waals surface area contributed by atoms with E-state index in [1.807, 2.05) is 23.7 Å². The number of aromatic carboxylic acids is 1. The van der Waals surface area contributed by atoms with Crippen molar-refractivity contribution < 1.29 is 9.90 Å². The van der Waals surface area contributed by atoms with Gasteiger partial charge in [0.05, 0.1) is 26.2 Å². The van der Waals surface area contributed by atoms with Crippen LogP contribution in [0.15, 0.2) is 52.9 Å². The SMILES string of the molecule is O=C(O)c1ccc(NSc2cccc3scnc23)cc1. The number of fused-ring (bicyclic) bond motifs is 1. The first kappa shape index (κ1) is 13.0. The first-order valence-corrected chi connectivity index (χ1v) is 7.52. The predicted molar refractivity (Wildman–Crippen MR) is 82.5 cm³/mol. The summed E-state index contributed by atoms with van der Waals surface area (Å²) in [6, 6.07) is 12.7. The van der Waals surface area contributed by atoms with Gasteiger partial charge in [-0.1, -0.05) is 6.07 Å². The Morgan fingerprint density at radius 2 is 2.00 bits per heavy atom. The minimum Gasteiger partial charge on any atom is -0.478 e. The number of hydrogen-bond acceptors (Lipinski definition) is 5. The molecule has 0 aliphatic carbocycles. The fraction of sp³-hybridized carbons (Fsp3) is 0. The van der Waals surface area contributed by atoms with Gasteiger partial charge in [0.2, 0.25) is 0 Å². The topological polar surface area (TPSA) is 62.2 Å². The first-order valence-electron chi connectivity index (χ1n) is 5.82. The van der Waals surface area contributed by atoms with Crippen molar-refractivity contribution in [2.75, 3.05) is 4.72 Å². The Morgan fingerprint density at radius 1 is 1.20 bits per heavy atom. The van der Waals surface area contributed by atoms with Crippen LogP contribution in [-0.2, 0) is 0 Å². The number of para-hydroxylation sites is 1. The maximum Gasteiger partial charge on any atom is 0.335 e. The Hall–Kier alpha value is -2.05. The number of benzene rings is 2. The Bertz CT molecular complexity index is 753. The van der Waals surface area contributed by atoms with Gasteiger partial charge in [0.15, 0.2) is 0 Å². The number of carboxylic acid groups (broad SMARTS) is 1. The molecule has 0 bridgehead atoms. The van der Waals surface area contributed by atoms with E-state index < -0.39 is 5.97 Å². The molecule has 0 aliphatic rings. The van der Waals surface area contributed by atoms with Gasteiger partial charge in [-0.2, -0.15) is 0 Å². The van der Waals surface area contributed by atoms with E-state index in [9.17, 15) is 4.79 Å². The van der Waals surface area contributed by atoms with Gasteiger partial charge in [-0.25, -0.2) is 9.78 Å². The molecule has 0 fully saturated rings. The number of thiazole rings is 1. The summed E-state index contributed by atoms with van der Waals surface area (Å²) in [5.41, 5.74) is 3.95. The van der Waals surface area contributed by atoms with Gasteiger partial charge in [0.1, 0.15) is 0 Å². The molecule has 2 aromatic carbocycles. The van der Waals surface area contributed by atoms with Gasteiger partial charge in [0.25, 0.3) is 0 Å². The number of anilines is 1. The standard InChI is InChI=1S/C14H10N2O2S2/c17-14(18)9-4-6-10(7-5-9)16-20-12-3-1-2-11-13(12)15-8-19-11/h1-8,16H,(H,17,18). The zero-order valence-corrected chi connectivity index (χ0v) is 11.9. The molecule has 0 amide bonds. The van der Waals surface area contributed by atoms with Gasteiger partial charge >= 0.3 is 5.97 Å². The molecule has 6 heteroatoms. The summed E-state index contributed by atoms with van der Waals surface area (Å²) in [5, 5.41) is 8.85. The summed E-state index contributed by atoms with van der Waals surface area (Å²) in [6.07, 6.45) is 0. The average molecular weight is 302 g/mol. The van der Waals surface area contributed by atoms with Crippen molar-refractivity contribution >= 4 is 45.2 Å². The van der Waals surface area contributed by atoms with Gasteiger partial charge < -0.3 is 9.83 Å². The second kappa shape index (κ2) is 5.52. The lowest BCUT2D eigenvalue weighted by atomic mass is 10.2. The highest BCUT2D eigenvalue weighted by molar-refractivity contribution is 8.00. The van der Waals surface area contributed by atoms with Crippen molar-refractivity contribution in [2.24, 2.45) is 0 Å². The second-order valence-electron chi connectivity index (χ2n) is 4.04. The molecule has 100 valence electrons. The largest absolute Gasteiger partial charge is 0.478 e. The lowest BCUT2D eigenvalue weighted by molar-refractivity contribution is 0.0697. The summed E-state index contributed by atoms with van der Waals surface area (Å²) in [4.78, 5) is 16.2. The van der Waals surface area contributed by atoms with Crippen molar-refractivity contribution in [3.8, 4) is 0 Å². The lowest BCUT2D eigenvalue weighted by Crippen LogP contribution is -1.95. The molecule has 4 nitrogen and oxygen atoms in total. The third-order valence-electron chi connectivity index (χ3n) is 2.73. The summed E-state index contributed by atoms with van der Waals surface area (Å²) in [6.45, 7) is 0. The fourth-order valence-electron chi connectivity index (χ4n) is 1.74. The van der Waals surface area contributed by atoms with Gasteiger partial charge in [-0.15, -0.1) is 11.3 Å². The molecule has 2 N–H and O–H groups in total. The van der Waals surface area contributed by atoms with Crippen molar-refractivity contribution in [1.29, 1.82) is 0 Å². The lowest BCUT2D eigenvalue weighted by Gasteiger charge is -2.06. The van der Waals surface area contributed by atoms with Gasteiger partial charge in [-0.05, 0) is 48.3 Å². The van der Waals surface area contributed by atoms with E-state index in [4.69, 9.17) is 5.11 Å². The molecule has 0 saturated carbocycles. The van der Waals surface area contributed by atoms with Crippen LogP contribution in [0.2, 0.25) is 0 Å². The molecular weight excluding hydrogens is 292 g/mol. The second-order valence-corrected chi connectivity index (χ2v) is 5.78. The third-order valence-corrected chi connectivity index (χ3v) is 4.42. The molecule has 0 radical (unpaired) electrons. The van der Waals surface area contributed by atoms with Crippen molar-refractivity contribution in [2.45, 2.75) is 4.90 Å². The summed E-state index contributed by atoms with van der Waals surface area (Å²) in [5.74, 6) is -0.920. The van der Waals surface area contributed by atoms with E-state index in [1.165, 1.54) is 11.9 Å². The van der Waals surface area contributed by atoms with Crippen LogP contribution in [0.3, 0.4) is 0 Å². The maximum atomic E-state index is 10.8. The van der Waals surface area contributed by atoms with Crippen LogP contribution in [0.25, 0.3) is 10.2 Å². The number of carbonyl (C=O) groups is 1. The molecule has 20 heavy (non-hydrogen) atoms. The minimum absolute atomic E-state index is 0.280. The molecule has 0 aliphatic heterocycles. The predicted octanol–water partition coefficient (Wildman–Crippen LogP) is 4.11. The van der Waals surface area contributed by atoms with Crippen LogP contribution >= 0.6 is 23.3 Å². The van der Waals surface area contributed by atoms with E-state index in [-0.39, 0.29) is 5.56 Å². The third kappa shape index (κ3) is 2.61. The summed E-state index contributed by atoms with van der Waals surface area (Å²) >= 11 is 3.08. The number of nitrogens with one attached hydrogen (secondary N) is 1. The number of nitrogens with zero attached hydrogens (tertiary/aromatic N) is 1. The van der Waals surface area contributed by atoms with Crippen molar-refractivity contribution in [3.63, 3.8) is 0 Å². The Balaban J connectivity index is 1.76. The molecule has 1 heterocycles. The fourth-order valence-corrected chi connectivity index (χ4v) is 3.28. The molecule has 0 atom stereocenters. The van der Waals surface area contributed by atoms with Gasteiger partial charge in [0, 0.05) is 5.69 Å². The summed E-state index contributed by atoms with van der Waals surface area (Å²) < 4.78 is 4.35. The van der Waals surface area contributed by atoms with Crippen LogP contribution in [-0.4, -0.2) is 16.1 Å². The van der Waals surface area contributed by atoms with E-state index in [2.05, 4.69) is 9.71 Å². The van der Waals surface area contributed by atoms with Crippen LogP contribution in [0.1, 0.15) is 10.4 Å². The van der Waals surface area contributed by atoms with Crippen molar-refractivity contribution in [1.82, 2.24) is 4.98 Å². The highest BCUT2D eigenvalue weighted by atomic mass is 32.2. The van der Waals surface area contributed by atoms with E-state index in [0.717, 1.165) is 20.8 Å². The van der Waals surface area contributed by atoms with Crippen LogP contribution in [0, 0.1) is 0 Å². The smallest absolute Gasteiger partial charge is 0.335 e. The molecule has 1 aromatic heterocycles. The Kier molecular flexibility index (Phi) is 3.58. The van der Waals surface area contributed by atoms with Crippen LogP contribution in [0.4, 0.5) is 5.69 Å². The zero-order valence-electron chi connectivity index (χ0n) is 10.2. The van der Waals surface area contributed by atoms with Gasteiger partial charge in [-0.3, -0.25) is 0 Å². The van der Waals surface area contributed by atoms with Crippen LogP contribution in [0.5, 0.6) is 0 Å². The van der Waals surface area contributed by atoms with E-state index in [1.54, 1.807) is 35.6 Å². The normalized spacial score (nSPS) is 10.6. The van der Waals surface area contributed by atoms with E-state index >= 15 is 0 Å². The maximum absolute atomic E-state index is 10.8. The highest BCUT2D eigenvalue weighted by Gasteiger charge is 2.05. The first-order chi connectivity index (χ1) is 9.74. The average Bonchev–Trinajstić information content (AvgIpc) is 2.94. The molecule has 3 aromatic rings. The monoisotopic (exact) mass is 302 g/mol. The number of hydrogen-bond donors (Lipinski definition) is 2. The molecule has 3 rings (SSSR count). The number of carboxylic acids is 1. The van der Waals surface area contributed by atoms with Crippen LogP contribution < -0.4 is 4.72 Å². The highest BCUT2D eigenvalue weighted by Crippen LogP contribution is 2.29. The van der Waals surface area contributed by atoms with Crippen molar-refractivity contribution in [3.05, 3.63) is 53.5 Å². The quantitative estimate of drug-likeness (QED) is 0.710. The Morgan fingerprint density at radius 3 is 2.75 bits per heavy atom. The minimum atomic E-state index is -0.920. The number of aromatic nitrogens is 1.